The van der Waals surface area contributed by atoms with Crippen LogP contribution in [0.5, 0.6) is 17.2 Å². The van der Waals surface area contributed by atoms with Crippen molar-refractivity contribution in [3.63, 3.8) is 0 Å². The maximum Gasteiger partial charge on any atom is 0.337 e. The zero-order chi connectivity index (χ0) is 31.5. The Morgan fingerprint density at radius 3 is 1.95 bits per heavy atom. The molecule has 0 atom stereocenters. The highest BCUT2D eigenvalue weighted by Crippen LogP contribution is 2.51. The van der Waals surface area contributed by atoms with Crippen molar-refractivity contribution in [2.24, 2.45) is 10.4 Å². The standard InChI is InChI=1S/C31H26N4O9/c1-43-30(39)17-7-8-25(36)21(10-17)32-19-12-26(37)29(27(38)13-19)28-22(33-41)14-20(15-23(28)34-42)35-9-3-4-16-5-6-18(11-24(16)35)31(40)44-2/h5-8,10-15,32,36-38H,3-4,9H2,1-2H3. The summed E-state index contributed by atoms with van der Waals surface area (Å²) in [5, 5.41) is 41.1. The first-order valence-corrected chi connectivity index (χ1v) is 13.3. The van der Waals surface area contributed by atoms with Gasteiger partial charge >= 0.3 is 11.9 Å². The van der Waals surface area contributed by atoms with Gasteiger partial charge in [-0.15, -0.1) is 9.81 Å². The summed E-state index contributed by atoms with van der Waals surface area (Å²) in [6.07, 6.45) is 1.49. The average molecular weight is 599 g/mol. The number of phenolic OH excluding ortho intramolecular Hbond substituents is 3. The van der Waals surface area contributed by atoms with Crippen LogP contribution in [0.2, 0.25) is 0 Å². The molecule has 0 spiro atoms. The molecule has 224 valence electrons. The second-order valence-electron chi connectivity index (χ2n) is 9.87. The van der Waals surface area contributed by atoms with Gasteiger partial charge in [0.2, 0.25) is 0 Å². The Kier molecular flexibility index (Phi) is 8.11. The van der Waals surface area contributed by atoms with E-state index >= 15 is 0 Å². The van der Waals surface area contributed by atoms with Crippen molar-refractivity contribution in [1.82, 2.24) is 0 Å². The number of nitrogens with one attached hydrogen (secondary N) is 1. The van der Waals surface area contributed by atoms with Crippen LogP contribution in [0.1, 0.15) is 32.7 Å². The van der Waals surface area contributed by atoms with Crippen molar-refractivity contribution < 1.29 is 34.4 Å². The zero-order valence-corrected chi connectivity index (χ0v) is 23.5. The number of carbonyl (C=O) groups excluding carboxylic acids is 2. The van der Waals surface area contributed by atoms with E-state index in [9.17, 15) is 34.7 Å². The molecule has 0 saturated heterocycles. The van der Waals surface area contributed by atoms with Crippen molar-refractivity contribution in [3.8, 4) is 28.4 Å². The van der Waals surface area contributed by atoms with Gasteiger partial charge in [-0.25, -0.2) is 9.59 Å². The Labute approximate surface area is 250 Å². The molecule has 0 aromatic heterocycles. The fraction of sp³-hybridized carbons (Fsp3) is 0.161. The summed E-state index contributed by atoms with van der Waals surface area (Å²) < 4.78 is 9.54. The second-order valence-corrected chi connectivity index (χ2v) is 9.87. The molecule has 13 nitrogen and oxygen atoms in total. The lowest BCUT2D eigenvalue weighted by Crippen LogP contribution is -2.25. The largest absolute Gasteiger partial charge is 0.507 e. The quantitative estimate of drug-likeness (QED) is 0.0963. The molecule has 1 heterocycles. The summed E-state index contributed by atoms with van der Waals surface area (Å²) in [6, 6.07) is 14.3. The second kappa shape index (κ2) is 12.1. The number of nitroso groups, excluding NO2 is 2. The van der Waals surface area contributed by atoms with E-state index < -0.39 is 23.4 Å². The van der Waals surface area contributed by atoms with E-state index in [4.69, 9.17) is 9.47 Å². The first-order chi connectivity index (χ1) is 21.2. The third-order valence-electron chi connectivity index (χ3n) is 7.26. The molecule has 4 N–H and O–H groups in total. The van der Waals surface area contributed by atoms with Crippen molar-refractivity contribution in [2.45, 2.75) is 12.8 Å². The predicted molar refractivity (Wildman–Crippen MR) is 162 cm³/mol. The number of aromatic hydroxyl groups is 3. The average Bonchev–Trinajstić information content (AvgIpc) is 3.04. The van der Waals surface area contributed by atoms with Crippen molar-refractivity contribution in [2.75, 3.05) is 31.0 Å². The first-order valence-electron chi connectivity index (χ1n) is 13.3. The molecule has 4 aromatic rings. The smallest absolute Gasteiger partial charge is 0.337 e. The topological polar surface area (TPSA) is 187 Å². The van der Waals surface area contributed by atoms with Crippen LogP contribution in [0.4, 0.5) is 34.1 Å². The molecule has 0 unspecified atom stereocenters. The van der Waals surface area contributed by atoms with Crippen LogP contribution >= 0.6 is 0 Å². The Morgan fingerprint density at radius 1 is 0.773 bits per heavy atom. The van der Waals surface area contributed by atoms with Crippen LogP contribution in [0, 0.1) is 9.81 Å². The van der Waals surface area contributed by atoms with Gasteiger partial charge in [0.05, 0.1) is 36.6 Å². The number of rotatable bonds is 8. The summed E-state index contributed by atoms with van der Waals surface area (Å²) in [7, 11) is 2.49. The van der Waals surface area contributed by atoms with Gasteiger partial charge in [0, 0.05) is 41.3 Å². The molecule has 4 aromatic carbocycles. The van der Waals surface area contributed by atoms with Crippen LogP contribution in [-0.2, 0) is 15.9 Å². The fourth-order valence-corrected chi connectivity index (χ4v) is 5.22. The number of fused-ring (bicyclic) bond motifs is 1. The third-order valence-corrected chi connectivity index (χ3v) is 7.26. The lowest BCUT2D eigenvalue weighted by atomic mass is 9.96. The normalized spacial score (nSPS) is 12.2. The molecule has 1 aliphatic rings. The van der Waals surface area contributed by atoms with Crippen LogP contribution in [0.3, 0.4) is 0 Å². The molecule has 0 amide bonds. The number of anilines is 4. The molecule has 5 rings (SSSR count). The Balaban J connectivity index is 1.56. The van der Waals surface area contributed by atoms with E-state index in [0.717, 1.165) is 18.4 Å². The summed E-state index contributed by atoms with van der Waals surface area (Å²) in [6.45, 7) is 0.495. The number of ether oxygens (including phenoxy) is 2. The number of hydrogen-bond donors (Lipinski definition) is 4. The number of hydrogen-bond acceptors (Lipinski definition) is 13. The van der Waals surface area contributed by atoms with E-state index in [1.165, 1.54) is 56.7 Å². The van der Waals surface area contributed by atoms with E-state index in [1.807, 2.05) is 11.0 Å². The molecule has 0 saturated carbocycles. The van der Waals surface area contributed by atoms with Gasteiger partial charge in [-0.05, 0) is 71.2 Å². The lowest BCUT2D eigenvalue weighted by Gasteiger charge is -2.32. The van der Waals surface area contributed by atoms with E-state index in [2.05, 4.69) is 15.7 Å². The molecule has 0 bridgehead atoms. The minimum Gasteiger partial charge on any atom is -0.507 e. The van der Waals surface area contributed by atoms with Gasteiger partial charge in [-0.2, -0.15) is 0 Å². The number of nitrogens with zero attached hydrogens (tertiary/aromatic N) is 3. The summed E-state index contributed by atoms with van der Waals surface area (Å²) >= 11 is 0. The van der Waals surface area contributed by atoms with Crippen LogP contribution in [0.25, 0.3) is 11.1 Å². The predicted octanol–water partition coefficient (Wildman–Crippen LogP) is 6.67. The van der Waals surface area contributed by atoms with Crippen LogP contribution in [0.15, 0.2) is 71.0 Å². The van der Waals surface area contributed by atoms with Crippen LogP contribution in [-0.4, -0.2) is 48.0 Å². The van der Waals surface area contributed by atoms with E-state index in [1.54, 1.807) is 12.1 Å². The van der Waals surface area contributed by atoms with Crippen molar-refractivity contribution >= 4 is 46.1 Å². The van der Waals surface area contributed by atoms with Crippen molar-refractivity contribution in [1.29, 1.82) is 0 Å². The molecular weight excluding hydrogens is 572 g/mol. The van der Waals surface area contributed by atoms with Gasteiger partial charge in [0.15, 0.2) is 0 Å². The Morgan fingerprint density at radius 2 is 1.36 bits per heavy atom. The van der Waals surface area contributed by atoms with Gasteiger partial charge in [0.25, 0.3) is 0 Å². The van der Waals surface area contributed by atoms with Crippen molar-refractivity contribution in [3.05, 3.63) is 87.2 Å². The highest BCUT2D eigenvalue weighted by atomic mass is 16.5. The Bertz CT molecular complexity index is 1770. The minimum absolute atomic E-state index is 0.0754. The molecular formula is C31H26N4O9. The molecule has 44 heavy (non-hydrogen) atoms. The first kappa shape index (κ1) is 29.5. The van der Waals surface area contributed by atoms with E-state index in [-0.39, 0.29) is 45.2 Å². The van der Waals surface area contributed by atoms with Gasteiger partial charge in [-0.3, -0.25) is 0 Å². The third kappa shape index (κ3) is 5.45. The Hall–Kier alpha value is -5.98. The summed E-state index contributed by atoms with van der Waals surface area (Å²) in [5.41, 5.74) is 1.63. The van der Waals surface area contributed by atoms with Gasteiger partial charge < -0.3 is 35.0 Å². The molecule has 13 heteroatoms. The number of carbonyl (C=O) groups is 2. The summed E-state index contributed by atoms with van der Waals surface area (Å²) in [5.74, 6) is -2.46. The number of aryl methyl sites for hydroxylation is 1. The lowest BCUT2D eigenvalue weighted by molar-refractivity contribution is 0.0592. The monoisotopic (exact) mass is 598 g/mol. The number of esters is 2. The molecule has 0 fully saturated rings. The van der Waals surface area contributed by atoms with Gasteiger partial charge in [-0.1, -0.05) is 6.07 Å². The highest BCUT2D eigenvalue weighted by Gasteiger charge is 2.26. The molecule has 1 aliphatic heterocycles. The summed E-state index contributed by atoms with van der Waals surface area (Å²) in [4.78, 5) is 50.1. The highest BCUT2D eigenvalue weighted by molar-refractivity contribution is 5.97. The zero-order valence-electron chi connectivity index (χ0n) is 23.5. The fourth-order valence-electron chi connectivity index (χ4n) is 5.22. The van der Waals surface area contributed by atoms with E-state index in [0.29, 0.717) is 23.5 Å². The van der Waals surface area contributed by atoms with Gasteiger partial charge in [0.1, 0.15) is 28.6 Å². The molecule has 0 aliphatic carbocycles. The molecule has 0 radical (unpaired) electrons. The minimum atomic E-state index is -0.641. The number of benzene rings is 4. The number of methoxy groups -OCH3 is 2. The maximum absolute atomic E-state index is 12.2. The maximum atomic E-state index is 12.2. The SMILES string of the molecule is COC(=O)c1ccc(O)c(Nc2cc(O)c(-c3c(N=O)cc(N4CCCc5ccc(C(=O)OC)cc54)cc3N=O)c(O)c2)c1. The van der Waals surface area contributed by atoms with Crippen LogP contribution < -0.4 is 10.2 Å². The number of phenols is 3.